The van der Waals surface area contributed by atoms with Crippen molar-refractivity contribution in [3.05, 3.63) is 59.2 Å². The van der Waals surface area contributed by atoms with Crippen LogP contribution in [0, 0.1) is 19.8 Å². The number of carbonyl (C=O) groups is 2. The number of sulfonamides is 1. The van der Waals surface area contributed by atoms with E-state index in [0.717, 1.165) is 11.1 Å². The van der Waals surface area contributed by atoms with E-state index in [1.165, 1.54) is 28.6 Å². The van der Waals surface area contributed by atoms with E-state index < -0.39 is 22.0 Å². The van der Waals surface area contributed by atoms with E-state index in [-0.39, 0.29) is 35.4 Å². The van der Waals surface area contributed by atoms with E-state index in [2.05, 4.69) is 10.6 Å². The highest BCUT2D eigenvalue weighted by atomic mass is 32.2. The Balaban J connectivity index is 1.75. The Hall–Kier alpha value is -2.75. The molecule has 1 atom stereocenters. The van der Waals surface area contributed by atoms with Crippen molar-refractivity contribution in [2.24, 2.45) is 5.92 Å². The molecule has 0 spiro atoms. The zero-order valence-electron chi connectivity index (χ0n) is 19.4. The smallest absolute Gasteiger partial charge is 0.251 e. The van der Waals surface area contributed by atoms with Crippen LogP contribution in [-0.2, 0) is 19.6 Å². The summed E-state index contributed by atoms with van der Waals surface area (Å²) < 4.78 is 32.4. The van der Waals surface area contributed by atoms with Crippen molar-refractivity contribution in [1.82, 2.24) is 9.62 Å². The minimum Gasteiger partial charge on any atom is -0.379 e. The van der Waals surface area contributed by atoms with Gasteiger partial charge in [-0.2, -0.15) is 4.31 Å². The lowest BCUT2D eigenvalue weighted by Gasteiger charge is -2.26. The van der Waals surface area contributed by atoms with Crippen LogP contribution in [0.5, 0.6) is 0 Å². The van der Waals surface area contributed by atoms with Crippen LogP contribution in [0.15, 0.2) is 47.4 Å². The molecule has 2 aromatic rings. The molecule has 1 saturated heterocycles. The lowest BCUT2D eigenvalue weighted by molar-refractivity contribution is -0.118. The lowest BCUT2D eigenvalue weighted by Crippen LogP contribution is -2.47. The van der Waals surface area contributed by atoms with Crippen molar-refractivity contribution in [3.63, 3.8) is 0 Å². The number of anilines is 1. The topological polar surface area (TPSA) is 105 Å². The first-order valence-corrected chi connectivity index (χ1v) is 12.4. The van der Waals surface area contributed by atoms with Gasteiger partial charge in [0.15, 0.2) is 0 Å². The number of nitrogens with zero attached hydrogens (tertiary/aromatic N) is 1. The van der Waals surface area contributed by atoms with Crippen LogP contribution in [0.25, 0.3) is 0 Å². The molecule has 0 unspecified atom stereocenters. The van der Waals surface area contributed by atoms with E-state index in [1.807, 2.05) is 45.9 Å². The first-order chi connectivity index (χ1) is 15.6. The number of hydrogen-bond donors (Lipinski definition) is 2. The highest BCUT2D eigenvalue weighted by Crippen LogP contribution is 2.19. The number of aryl methyl sites for hydroxylation is 2. The van der Waals surface area contributed by atoms with Gasteiger partial charge < -0.3 is 15.4 Å². The average molecular weight is 474 g/mol. The lowest BCUT2D eigenvalue weighted by atomic mass is 10.0. The number of benzene rings is 2. The van der Waals surface area contributed by atoms with Crippen LogP contribution in [0.2, 0.25) is 0 Å². The van der Waals surface area contributed by atoms with Gasteiger partial charge in [0, 0.05) is 24.3 Å². The molecule has 1 heterocycles. The van der Waals surface area contributed by atoms with Crippen LogP contribution < -0.4 is 10.6 Å². The van der Waals surface area contributed by atoms with Gasteiger partial charge in [0.2, 0.25) is 15.9 Å². The summed E-state index contributed by atoms with van der Waals surface area (Å²) in [6, 6.07) is 10.7. The van der Waals surface area contributed by atoms with Crippen molar-refractivity contribution in [1.29, 1.82) is 0 Å². The second kappa shape index (κ2) is 10.5. The second-order valence-electron chi connectivity index (χ2n) is 8.53. The standard InChI is InChI=1S/C24H31N3O5S/c1-16(2)22(24(29)25-20-9-8-17(3)18(4)14-20)26-23(28)19-6-5-7-21(15-19)33(30,31)27-10-12-32-13-11-27/h5-9,14-16,22H,10-13H2,1-4H3,(H,25,29)(H,26,28)/t22-/m1/s1. The van der Waals surface area contributed by atoms with E-state index in [0.29, 0.717) is 18.9 Å². The largest absolute Gasteiger partial charge is 0.379 e. The maximum absolute atomic E-state index is 13.0. The molecular formula is C24H31N3O5S. The number of rotatable bonds is 7. The van der Waals surface area contributed by atoms with E-state index in [4.69, 9.17) is 4.74 Å². The molecular weight excluding hydrogens is 442 g/mol. The Morgan fingerprint density at radius 3 is 2.33 bits per heavy atom. The second-order valence-corrected chi connectivity index (χ2v) is 10.5. The van der Waals surface area contributed by atoms with Gasteiger partial charge in [-0.1, -0.05) is 26.0 Å². The van der Waals surface area contributed by atoms with Gasteiger partial charge in [0.1, 0.15) is 6.04 Å². The summed E-state index contributed by atoms with van der Waals surface area (Å²) in [5.41, 5.74) is 3.00. The summed E-state index contributed by atoms with van der Waals surface area (Å²) in [6.07, 6.45) is 0. The van der Waals surface area contributed by atoms with Gasteiger partial charge in [0.05, 0.1) is 18.1 Å². The van der Waals surface area contributed by atoms with Crippen molar-refractivity contribution in [2.75, 3.05) is 31.6 Å². The Kier molecular flexibility index (Phi) is 7.88. The number of hydrogen-bond acceptors (Lipinski definition) is 5. The van der Waals surface area contributed by atoms with Crippen molar-refractivity contribution in [2.45, 2.75) is 38.6 Å². The van der Waals surface area contributed by atoms with E-state index in [1.54, 1.807) is 0 Å². The Morgan fingerprint density at radius 1 is 1.00 bits per heavy atom. The van der Waals surface area contributed by atoms with Gasteiger partial charge >= 0.3 is 0 Å². The average Bonchev–Trinajstić information content (AvgIpc) is 2.80. The molecule has 0 aliphatic carbocycles. The summed E-state index contributed by atoms with van der Waals surface area (Å²) >= 11 is 0. The quantitative estimate of drug-likeness (QED) is 0.643. The van der Waals surface area contributed by atoms with Gasteiger partial charge in [-0.3, -0.25) is 9.59 Å². The van der Waals surface area contributed by atoms with Crippen LogP contribution in [-0.4, -0.2) is 56.9 Å². The van der Waals surface area contributed by atoms with E-state index >= 15 is 0 Å². The third-order valence-electron chi connectivity index (χ3n) is 5.71. The Labute approximate surface area is 195 Å². The fraction of sp³-hybridized carbons (Fsp3) is 0.417. The fourth-order valence-corrected chi connectivity index (χ4v) is 4.99. The molecule has 1 aliphatic heterocycles. The zero-order valence-corrected chi connectivity index (χ0v) is 20.2. The zero-order chi connectivity index (χ0) is 24.2. The summed E-state index contributed by atoms with van der Waals surface area (Å²) in [5, 5.41) is 5.62. The third-order valence-corrected chi connectivity index (χ3v) is 7.61. The highest BCUT2D eigenvalue weighted by Gasteiger charge is 2.28. The molecule has 0 saturated carbocycles. The summed E-state index contributed by atoms with van der Waals surface area (Å²) in [7, 11) is -3.73. The minimum absolute atomic E-state index is 0.0396. The molecule has 1 fully saturated rings. The van der Waals surface area contributed by atoms with Crippen molar-refractivity contribution < 1.29 is 22.7 Å². The van der Waals surface area contributed by atoms with Crippen LogP contribution in [0.4, 0.5) is 5.69 Å². The van der Waals surface area contributed by atoms with Crippen LogP contribution >= 0.6 is 0 Å². The minimum atomic E-state index is -3.73. The van der Waals surface area contributed by atoms with Gasteiger partial charge in [-0.15, -0.1) is 0 Å². The Bertz CT molecular complexity index is 1120. The van der Waals surface area contributed by atoms with Gasteiger partial charge in [-0.05, 0) is 61.2 Å². The number of ether oxygens (including phenoxy) is 1. The predicted octanol–water partition coefficient (Wildman–Crippen LogP) is 2.72. The molecule has 0 aromatic heterocycles. The summed E-state index contributed by atoms with van der Waals surface area (Å²) in [4.78, 5) is 25.9. The molecule has 2 N–H and O–H groups in total. The molecule has 33 heavy (non-hydrogen) atoms. The molecule has 8 nitrogen and oxygen atoms in total. The molecule has 0 radical (unpaired) electrons. The third kappa shape index (κ3) is 5.98. The molecule has 0 bridgehead atoms. The molecule has 9 heteroatoms. The highest BCUT2D eigenvalue weighted by molar-refractivity contribution is 7.89. The maximum Gasteiger partial charge on any atom is 0.251 e. The molecule has 2 aromatic carbocycles. The van der Waals surface area contributed by atoms with Crippen LogP contribution in [0.1, 0.15) is 35.3 Å². The predicted molar refractivity (Wildman–Crippen MR) is 127 cm³/mol. The van der Waals surface area contributed by atoms with Crippen molar-refractivity contribution in [3.8, 4) is 0 Å². The van der Waals surface area contributed by atoms with Crippen LogP contribution in [0.3, 0.4) is 0 Å². The van der Waals surface area contributed by atoms with Gasteiger partial charge in [0.25, 0.3) is 5.91 Å². The fourth-order valence-electron chi connectivity index (χ4n) is 3.53. The number of nitrogens with one attached hydrogen (secondary N) is 2. The monoisotopic (exact) mass is 473 g/mol. The summed E-state index contributed by atoms with van der Waals surface area (Å²) in [5.74, 6) is -1.03. The molecule has 1 aliphatic rings. The first kappa shape index (κ1) is 24.9. The molecule has 2 amide bonds. The SMILES string of the molecule is Cc1ccc(NC(=O)[C@H](NC(=O)c2cccc(S(=O)(=O)N3CCOCC3)c2)C(C)C)cc1C. The molecule has 3 rings (SSSR count). The summed E-state index contributed by atoms with van der Waals surface area (Å²) in [6.45, 7) is 8.85. The number of carbonyl (C=O) groups excluding carboxylic acids is 2. The normalized spacial score (nSPS) is 15.8. The molecule has 178 valence electrons. The van der Waals surface area contributed by atoms with E-state index in [9.17, 15) is 18.0 Å². The van der Waals surface area contributed by atoms with Crippen molar-refractivity contribution >= 4 is 27.5 Å². The maximum atomic E-state index is 13.0. The van der Waals surface area contributed by atoms with Gasteiger partial charge in [-0.25, -0.2) is 8.42 Å². The number of amides is 2. The number of morpholine rings is 1. The Morgan fingerprint density at radius 2 is 1.70 bits per heavy atom. The first-order valence-electron chi connectivity index (χ1n) is 11.0.